The maximum absolute atomic E-state index is 11.3. The van der Waals surface area contributed by atoms with Crippen molar-refractivity contribution >= 4 is 21.9 Å². The average molecular weight is 301 g/mol. The number of hydrogen-bond acceptors (Lipinski definition) is 4. The molecule has 0 spiro atoms. The van der Waals surface area contributed by atoms with Gasteiger partial charge >= 0.3 is 5.97 Å². The summed E-state index contributed by atoms with van der Waals surface area (Å²) in [7, 11) is 2.83. The largest absolute Gasteiger partial charge is 0.493 e. The SMILES string of the molecule is C=C(Br)COc1ccc(C(=O)OC)cc1OC. The highest BCUT2D eigenvalue weighted by atomic mass is 79.9. The summed E-state index contributed by atoms with van der Waals surface area (Å²) in [5.74, 6) is 0.599. The second kappa shape index (κ2) is 6.30. The van der Waals surface area contributed by atoms with Crippen LogP contribution in [-0.4, -0.2) is 26.8 Å². The van der Waals surface area contributed by atoms with Crippen molar-refractivity contribution in [2.45, 2.75) is 0 Å². The molecule has 0 heterocycles. The lowest BCUT2D eigenvalue weighted by molar-refractivity contribution is 0.0600. The third kappa shape index (κ3) is 3.78. The van der Waals surface area contributed by atoms with Gasteiger partial charge in [-0.15, -0.1) is 0 Å². The molecule has 0 saturated carbocycles. The van der Waals surface area contributed by atoms with Gasteiger partial charge in [0.25, 0.3) is 0 Å². The van der Waals surface area contributed by atoms with Crippen LogP contribution in [0.5, 0.6) is 11.5 Å². The Hall–Kier alpha value is -1.49. The Morgan fingerprint density at radius 3 is 2.59 bits per heavy atom. The molecule has 92 valence electrons. The van der Waals surface area contributed by atoms with E-state index >= 15 is 0 Å². The summed E-state index contributed by atoms with van der Waals surface area (Å²) in [5, 5.41) is 0. The van der Waals surface area contributed by atoms with E-state index in [0.717, 1.165) is 4.48 Å². The molecule has 0 N–H and O–H groups in total. The van der Waals surface area contributed by atoms with Crippen LogP contribution in [-0.2, 0) is 4.74 Å². The number of halogens is 1. The van der Waals surface area contributed by atoms with Gasteiger partial charge in [0.05, 0.1) is 19.8 Å². The maximum atomic E-state index is 11.3. The molecule has 1 aromatic carbocycles. The fourth-order valence-electron chi connectivity index (χ4n) is 1.19. The van der Waals surface area contributed by atoms with Crippen molar-refractivity contribution in [2.24, 2.45) is 0 Å². The third-order valence-electron chi connectivity index (χ3n) is 1.97. The molecule has 0 radical (unpaired) electrons. The van der Waals surface area contributed by atoms with Crippen LogP contribution in [0.25, 0.3) is 0 Å². The topological polar surface area (TPSA) is 44.8 Å². The fourth-order valence-corrected chi connectivity index (χ4v) is 1.30. The van der Waals surface area contributed by atoms with Gasteiger partial charge < -0.3 is 14.2 Å². The van der Waals surface area contributed by atoms with Gasteiger partial charge in [-0.05, 0) is 18.2 Å². The highest BCUT2D eigenvalue weighted by Gasteiger charge is 2.11. The van der Waals surface area contributed by atoms with E-state index in [1.54, 1.807) is 18.2 Å². The Kier molecular flexibility index (Phi) is 5.03. The van der Waals surface area contributed by atoms with E-state index in [-0.39, 0.29) is 0 Å². The second-order valence-corrected chi connectivity index (χ2v) is 4.28. The predicted molar refractivity (Wildman–Crippen MR) is 67.9 cm³/mol. The van der Waals surface area contributed by atoms with Crippen molar-refractivity contribution in [3.8, 4) is 11.5 Å². The van der Waals surface area contributed by atoms with Gasteiger partial charge in [-0.2, -0.15) is 0 Å². The predicted octanol–water partition coefficient (Wildman–Crippen LogP) is 2.77. The summed E-state index contributed by atoms with van der Waals surface area (Å²) in [5.41, 5.74) is 0.411. The molecular formula is C12H13BrO4. The minimum atomic E-state index is -0.417. The third-order valence-corrected chi connectivity index (χ3v) is 2.20. The molecule has 0 aromatic heterocycles. The number of esters is 1. The molecule has 0 aliphatic carbocycles. The highest BCUT2D eigenvalue weighted by molar-refractivity contribution is 9.11. The van der Waals surface area contributed by atoms with E-state index in [2.05, 4.69) is 27.2 Å². The van der Waals surface area contributed by atoms with Crippen LogP contribution in [0, 0.1) is 0 Å². The normalized spacial score (nSPS) is 9.59. The summed E-state index contributed by atoms with van der Waals surface area (Å²) in [6, 6.07) is 4.83. The summed E-state index contributed by atoms with van der Waals surface area (Å²) < 4.78 is 15.9. The maximum Gasteiger partial charge on any atom is 0.337 e. The van der Waals surface area contributed by atoms with Crippen LogP contribution in [0.2, 0.25) is 0 Å². The molecular weight excluding hydrogens is 288 g/mol. The zero-order chi connectivity index (χ0) is 12.8. The number of rotatable bonds is 5. The molecule has 4 nitrogen and oxygen atoms in total. The molecule has 0 atom stereocenters. The Morgan fingerprint density at radius 1 is 1.35 bits per heavy atom. The minimum Gasteiger partial charge on any atom is -0.493 e. The van der Waals surface area contributed by atoms with Crippen molar-refractivity contribution in [1.29, 1.82) is 0 Å². The molecule has 5 heteroatoms. The molecule has 0 unspecified atom stereocenters. The fraction of sp³-hybridized carbons (Fsp3) is 0.250. The van der Waals surface area contributed by atoms with Crippen LogP contribution < -0.4 is 9.47 Å². The molecule has 0 aliphatic heterocycles. The van der Waals surface area contributed by atoms with E-state index < -0.39 is 5.97 Å². The zero-order valence-corrected chi connectivity index (χ0v) is 11.2. The Labute approximate surface area is 108 Å². The van der Waals surface area contributed by atoms with Crippen LogP contribution in [0.1, 0.15) is 10.4 Å². The molecule has 0 saturated heterocycles. The number of carbonyl (C=O) groups is 1. The Balaban J connectivity index is 2.93. The molecule has 0 amide bonds. The van der Waals surface area contributed by atoms with E-state index in [1.165, 1.54) is 14.2 Å². The van der Waals surface area contributed by atoms with Crippen LogP contribution in [0.4, 0.5) is 0 Å². The Bertz CT molecular complexity index is 429. The standard InChI is InChI=1S/C12H13BrO4/c1-8(13)7-17-10-5-4-9(12(14)16-3)6-11(10)15-2/h4-6H,1,7H2,2-3H3. The first kappa shape index (κ1) is 13.6. The lowest BCUT2D eigenvalue weighted by atomic mass is 10.2. The van der Waals surface area contributed by atoms with Gasteiger partial charge in [-0.25, -0.2) is 4.79 Å². The zero-order valence-electron chi connectivity index (χ0n) is 9.66. The van der Waals surface area contributed by atoms with Gasteiger partial charge in [0.2, 0.25) is 0 Å². The van der Waals surface area contributed by atoms with Gasteiger partial charge in [0.15, 0.2) is 11.5 Å². The summed E-state index contributed by atoms with van der Waals surface area (Å²) in [6.07, 6.45) is 0. The van der Waals surface area contributed by atoms with Crippen molar-refractivity contribution in [3.05, 3.63) is 34.8 Å². The monoisotopic (exact) mass is 300 g/mol. The number of benzene rings is 1. The Morgan fingerprint density at radius 2 is 2.06 bits per heavy atom. The van der Waals surface area contributed by atoms with E-state index in [0.29, 0.717) is 23.7 Å². The molecule has 0 aliphatic rings. The summed E-state index contributed by atoms with van der Waals surface area (Å²) >= 11 is 3.19. The van der Waals surface area contributed by atoms with Gasteiger partial charge in [0.1, 0.15) is 6.61 Å². The molecule has 1 aromatic rings. The van der Waals surface area contributed by atoms with Crippen molar-refractivity contribution in [2.75, 3.05) is 20.8 Å². The van der Waals surface area contributed by atoms with E-state index in [9.17, 15) is 4.79 Å². The first-order chi connectivity index (χ1) is 8.08. The van der Waals surface area contributed by atoms with Crippen molar-refractivity contribution in [3.63, 3.8) is 0 Å². The number of ether oxygens (including phenoxy) is 3. The van der Waals surface area contributed by atoms with Crippen LogP contribution in [0.15, 0.2) is 29.3 Å². The smallest absolute Gasteiger partial charge is 0.337 e. The van der Waals surface area contributed by atoms with E-state index in [4.69, 9.17) is 9.47 Å². The number of methoxy groups -OCH3 is 2. The molecule has 0 fully saturated rings. The first-order valence-electron chi connectivity index (χ1n) is 4.81. The average Bonchev–Trinajstić information content (AvgIpc) is 2.34. The molecule has 0 bridgehead atoms. The molecule has 17 heavy (non-hydrogen) atoms. The van der Waals surface area contributed by atoms with Crippen molar-refractivity contribution in [1.82, 2.24) is 0 Å². The van der Waals surface area contributed by atoms with Gasteiger partial charge in [0, 0.05) is 4.48 Å². The number of hydrogen-bond donors (Lipinski definition) is 0. The van der Waals surface area contributed by atoms with Crippen molar-refractivity contribution < 1.29 is 19.0 Å². The summed E-state index contributed by atoms with van der Waals surface area (Å²) in [6.45, 7) is 3.99. The highest BCUT2D eigenvalue weighted by Crippen LogP contribution is 2.28. The lowest BCUT2D eigenvalue weighted by Gasteiger charge is -2.11. The first-order valence-corrected chi connectivity index (χ1v) is 5.60. The summed E-state index contributed by atoms with van der Waals surface area (Å²) in [4.78, 5) is 11.3. The quantitative estimate of drug-likeness (QED) is 0.785. The van der Waals surface area contributed by atoms with Gasteiger partial charge in [-0.1, -0.05) is 22.5 Å². The van der Waals surface area contributed by atoms with E-state index in [1.807, 2.05) is 0 Å². The van der Waals surface area contributed by atoms with Crippen LogP contribution in [0.3, 0.4) is 0 Å². The molecule has 1 rings (SSSR count). The minimum absolute atomic E-state index is 0.327. The second-order valence-electron chi connectivity index (χ2n) is 3.16. The van der Waals surface area contributed by atoms with Gasteiger partial charge in [-0.3, -0.25) is 0 Å². The lowest BCUT2D eigenvalue weighted by Crippen LogP contribution is -2.03. The van der Waals surface area contributed by atoms with Crippen LogP contribution >= 0.6 is 15.9 Å². The number of carbonyl (C=O) groups excluding carboxylic acids is 1.